The lowest BCUT2D eigenvalue weighted by Gasteiger charge is -2.12. The van der Waals surface area contributed by atoms with Crippen LogP contribution in [0.15, 0.2) is 40.2 Å². The summed E-state index contributed by atoms with van der Waals surface area (Å²) in [6, 6.07) is 9.53. The van der Waals surface area contributed by atoms with Crippen LogP contribution in [0.3, 0.4) is 0 Å². The first-order valence-electron chi connectivity index (χ1n) is 8.94. The van der Waals surface area contributed by atoms with Crippen LogP contribution >= 0.6 is 24.0 Å². The van der Waals surface area contributed by atoms with Crippen LogP contribution in [0.5, 0.6) is 0 Å². The summed E-state index contributed by atoms with van der Waals surface area (Å²) in [7, 11) is -0.991. The predicted molar refractivity (Wildman–Crippen MR) is 117 cm³/mol. The van der Waals surface area contributed by atoms with Crippen LogP contribution in [0.2, 0.25) is 0 Å². The van der Waals surface area contributed by atoms with Crippen LogP contribution in [0.1, 0.15) is 19.8 Å². The minimum atomic E-state index is -0.991. The van der Waals surface area contributed by atoms with Crippen molar-refractivity contribution in [1.29, 1.82) is 0 Å². The highest BCUT2D eigenvalue weighted by Crippen LogP contribution is 2.08. The predicted octanol–water partition coefficient (Wildman–Crippen LogP) is 2.16. The fourth-order valence-corrected chi connectivity index (χ4v) is 3.43. The maximum Gasteiger partial charge on any atom is 0.191 e. The lowest BCUT2D eigenvalue weighted by atomic mass is 10.3. The Hall–Kier alpha value is -0.710. The first kappa shape index (κ1) is 23.3. The third-order valence-electron chi connectivity index (χ3n) is 3.74. The van der Waals surface area contributed by atoms with E-state index in [4.69, 9.17) is 9.47 Å². The van der Waals surface area contributed by atoms with Gasteiger partial charge in [-0.1, -0.05) is 18.2 Å². The molecule has 2 rings (SSSR count). The molecular formula is C18H30IN3O3S. The van der Waals surface area contributed by atoms with Crippen molar-refractivity contribution < 1.29 is 13.7 Å². The molecule has 2 atom stereocenters. The molecule has 1 saturated heterocycles. The van der Waals surface area contributed by atoms with Crippen LogP contribution in [0.4, 0.5) is 0 Å². The molecule has 0 saturated carbocycles. The molecule has 0 radical (unpaired) electrons. The minimum Gasteiger partial charge on any atom is -0.379 e. The molecular weight excluding hydrogens is 465 g/mol. The number of halogens is 1. The molecule has 0 aliphatic carbocycles. The molecule has 0 spiro atoms. The molecule has 0 bridgehead atoms. The van der Waals surface area contributed by atoms with Gasteiger partial charge in [0.25, 0.3) is 0 Å². The van der Waals surface area contributed by atoms with Gasteiger partial charge in [-0.05, 0) is 31.9 Å². The average molecular weight is 495 g/mol. The molecule has 148 valence electrons. The summed E-state index contributed by atoms with van der Waals surface area (Å²) in [5.74, 6) is 1.32. The summed E-state index contributed by atoms with van der Waals surface area (Å²) in [5, 5.41) is 6.45. The number of aliphatic imine (C=N–C) groups is 1. The SMILES string of the molecule is CCNC(=NCCCOC1CCOC1)NCCS(=O)c1ccccc1.I. The highest BCUT2D eigenvalue weighted by Gasteiger charge is 2.15. The number of hydrogen-bond donors (Lipinski definition) is 2. The smallest absolute Gasteiger partial charge is 0.191 e. The molecule has 1 heterocycles. The van der Waals surface area contributed by atoms with Crippen molar-refractivity contribution >= 4 is 40.7 Å². The van der Waals surface area contributed by atoms with Gasteiger partial charge >= 0.3 is 0 Å². The van der Waals surface area contributed by atoms with Crippen molar-refractivity contribution in [2.24, 2.45) is 4.99 Å². The lowest BCUT2D eigenvalue weighted by molar-refractivity contribution is 0.0424. The molecule has 0 aromatic heterocycles. The minimum absolute atomic E-state index is 0. The second kappa shape index (κ2) is 14.4. The van der Waals surface area contributed by atoms with Crippen molar-refractivity contribution in [3.8, 4) is 0 Å². The van der Waals surface area contributed by atoms with Crippen LogP contribution in [0.25, 0.3) is 0 Å². The normalized spacial score (nSPS) is 18.2. The monoisotopic (exact) mass is 495 g/mol. The number of ether oxygens (including phenoxy) is 2. The van der Waals surface area contributed by atoms with Crippen molar-refractivity contribution in [3.63, 3.8) is 0 Å². The Balaban J connectivity index is 0.00000338. The Morgan fingerprint density at radius 3 is 2.85 bits per heavy atom. The number of nitrogens with one attached hydrogen (secondary N) is 2. The fourth-order valence-electron chi connectivity index (χ4n) is 2.44. The van der Waals surface area contributed by atoms with Gasteiger partial charge in [0.15, 0.2) is 5.96 Å². The van der Waals surface area contributed by atoms with E-state index in [0.717, 1.165) is 36.8 Å². The zero-order chi connectivity index (χ0) is 17.7. The summed E-state index contributed by atoms with van der Waals surface area (Å²) in [5.41, 5.74) is 0. The molecule has 2 N–H and O–H groups in total. The molecule has 6 nitrogen and oxygen atoms in total. The summed E-state index contributed by atoms with van der Waals surface area (Å²) in [6.07, 6.45) is 2.12. The molecule has 8 heteroatoms. The van der Waals surface area contributed by atoms with E-state index in [1.807, 2.05) is 37.3 Å². The highest BCUT2D eigenvalue weighted by atomic mass is 127. The number of nitrogens with zero attached hydrogens (tertiary/aromatic N) is 1. The lowest BCUT2D eigenvalue weighted by Crippen LogP contribution is -2.39. The van der Waals surface area contributed by atoms with E-state index in [1.165, 1.54) is 0 Å². The summed E-state index contributed by atoms with van der Waals surface area (Å²) < 4.78 is 23.2. The van der Waals surface area contributed by atoms with Crippen molar-refractivity contribution in [1.82, 2.24) is 10.6 Å². The number of benzene rings is 1. The van der Waals surface area contributed by atoms with E-state index in [0.29, 0.717) is 32.1 Å². The first-order valence-corrected chi connectivity index (χ1v) is 10.3. The third-order valence-corrected chi connectivity index (χ3v) is 5.12. The topological polar surface area (TPSA) is 72.0 Å². The summed E-state index contributed by atoms with van der Waals surface area (Å²) >= 11 is 0. The molecule has 0 amide bonds. The van der Waals surface area contributed by atoms with E-state index in [1.54, 1.807) is 0 Å². The van der Waals surface area contributed by atoms with Crippen LogP contribution in [-0.2, 0) is 20.3 Å². The van der Waals surface area contributed by atoms with Gasteiger partial charge in [0.05, 0.1) is 23.5 Å². The van der Waals surface area contributed by atoms with E-state index < -0.39 is 10.8 Å². The molecule has 1 aliphatic rings. The van der Waals surface area contributed by atoms with Gasteiger partial charge in [-0.25, -0.2) is 0 Å². The van der Waals surface area contributed by atoms with Crippen LogP contribution in [-0.4, -0.2) is 61.5 Å². The largest absolute Gasteiger partial charge is 0.379 e. The summed E-state index contributed by atoms with van der Waals surface area (Å²) in [6.45, 7) is 6.36. The van der Waals surface area contributed by atoms with Gasteiger partial charge in [-0.15, -0.1) is 24.0 Å². The van der Waals surface area contributed by atoms with Crippen LogP contribution in [0, 0.1) is 0 Å². The van der Waals surface area contributed by atoms with Gasteiger partial charge in [0.2, 0.25) is 0 Å². The van der Waals surface area contributed by atoms with Crippen LogP contribution < -0.4 is 10.6 Å². The highest BCUT2D eigenvalue weighted by molar-refractivity contribution is 14.0. The summed E-state index contributed by atoms with van der Waals surface area (Å²) in [4.78, 5) is 5.39. The Bertz CT molecular complexity index is 540. The van der Waals surface area contributed by atoms with Gasteiger partial charge < -0.3 is 20.1 Å². The van der Waals surface area contributed by atoms with E-state index >= 15 is 0 Å². The molecule has 1 fully saturated rings. The Morgan fingerprint density at radius 2 is 2.15 bits per heavy atom. The van der Waals surface area contributed by atoms with Gasteiger partial charge in [-0.2, -0.15) is 0 Å². The maximum absolute atomic E-state index is 12.2. The number of rotatable bonds is 10. The zero-order valence-corrected chi connectivity index (χ0v) is 18.5. The number of hydrogen-bond acceptors (Lipinski definition) is 4. The maximum atomic E-state index is 12.2. The standard InChI is InChI=1S/C18H29N3O3S.HI/c1-2-19-18(20-10-6-12-24-16-9-13-23-15-16)21-11-14-25(22)17-7-4-3-5-8-17;/h3-5,7-8,16H,2,6,9-15H2,1H3,(H2,19,20,21);1H. The van der Waals surface area contributed by atoms with Crippen molar-refractivity contribution in [2.45, 2.75) is 30.8 Å². The average Bonchev–Trinajstić information content (AvgIpc) is 3.15. The van der Waals surface area contributed by atoms with E-state index in [2.05, 4.69) is 15.6 Å². The van der Waals surface area contributed by atoms with Gasteiger partial charge in [-0.3, -0.25) is 9.20 Å². The third kappa shape index (κ3) is 9.29. The Morgan fingerprint density at radius 1 is 1.35 bits per heavy atom. The second-order valence-electron chi connectivity index (χ2n) is 5.76. The van der Waals surface area contributed by atoms with Gasteiger partial charge in [0, 0.05) is 43.5 Å². The molecule has 26 heavy (non-hydrogen) atoms. The Labute approximate surface area is 176 Å². The number of guanidine groups is 1. The first-order chi connectivity index (χ1) is 12.3. The second-order valence-corrected chi connectivity index (χ2v) is 7.33. The Kier molecular flexibility index (Phi) is 12.9. The van der Waals surface area contributed by atoms with Gasteiger partial charge in [0.1, 0.15) is 0 Å². The molecule has 2 unspecified atom stereocenters. The van der Waals surface area contributed by atoms with Crippen molar-refractivity contribution in [2.75, 3.05) is 45.2 Å². The van der Waals surface area contributed by atoms with Crippen molar-refractivity contribution in [3.05, 3.63) is 30.3 Å². The van der Waals surface area contributed by atoms with E-state index in [-0.39, 0.29) is 30.1 Å². The molecule has 1 aromatic rings. The fraction of sp³-hybridized carbons (Fsp3) is 0.611. The quantitative estimate of drug-likeness (QED) is 0.225. The molecule has 1 aliphatic heterocycles. The van der Waals surface area contributed by atoms with E-state index in [9.17, 15) is 4.21 Å². The molecule has 1 aromatic carbocycles. The zero-order valence-electron chi connectivity index (χ0n) is 15.3.